The van der Waals surface area contributed by atoms with Crippen LogP contribution in [0, 0.1) is 0 Å². The zero-order chi connectivity index (χ0) is 24.4. The number of anilines is 1. The van der Waals surface area contributed by atoms with Gasteiger partial charge >= 0.3 is 0 Å². The van der Waals surface area contributed by atoms with Crippen molar-refractivity contribution in [1.82, 2.24) is 24.7 Å². The zero-order valence-corrected chi connectivity index (χ0v) is 20.5. The number of rotatable bonds is 7. The first kappa shape index (κ1) is 23.3. The molecule has 1 aliphatic rings. The molecule has 10 heteroatoms. The fraction of sp³-hybridized carbons (Fsp3) is 0.320. The summed E-state index contributed by atoms with van der Waals surface area (Å²) in [6.45, 7) is 3.43. The van der Waals surface area contributed by atoms with Crippen LogP contribution >= 0.6 is 0 Å². The van der Waals surface area contributed by atoms with Crippen molar-refractivity contribution in [3.63, 3.8) is 0 Å². The second-order valence-electron chi connectivity index (χ2n) is 8.61. The summed E-state index contributed by atoms with van der Waals surface area (Å²) < 4.78 is 33.8. The molecule has 35 heavy (non-hydrogen) atoms. The van der Waals surface area contributed by atoms with Gasteiger partial charge in [-0.05, 0) is 49.1 Å². The van der Waals surface area contributed by atoms with Crippen LogP contribution in [-0.4, -0.2) is 54.6 Å². The van der Waals surface area contributed by atoms with Crippen LogP contribution in [0.1, 0.15) is 25.3 Å². The lowest BCUT2D eigenvalue weighted by atomic mass is 10.1. The lowest BCUT2D eigenvalue weighted by Crippen LogP contribution is -2.44. The highest BCUT2D eigenvalue weighted by atomic mass is 32.2. The third-order valence-electron chi connectivity index (χ3n) is 6.42. The van der Waals surface area contributed by atoms with Gasteiger partial charge in [-0.25, -0.2) is 28.1 Å². The highest BCUT2D eigenvalue weighted by Crippen LogP contribution is 2.31. The first-order valence-corrected chi connectivity index (χ1v) is 13.2. The summed E-state index contributed by atoms with van der Waals surface area (Å²) in [6, 6.07) is 12.8. The van der Waals surface area contributed by atoms with E-state index in [0.717, 1.165) is 40.1 Å². The molecule has 182 valence electrons. The normalized spacial score (nSPS) is 15.0. The maximum atomic E-state index is 12.8. The van der Waals surface area contributed by atoms with Crippen molar-refractivity contribution >= 4 is 26.9 Å². The molecule has 1 saturated heterocycles. The molecule has 5 rings (SSSR count). The van der Waals surface area contributed by atoms with Gasteiger partial charge in [0.15, 0.2) is 0 Å². The molecule has 0 saturated carbocycles. The van der Waals surface area contributed by atoms with Gasteiger partial charge in [-0.3, -0.25) is 0 Å². The lowest BCUT2D eigenvalue weighted by Gasteiger charge is -2.33. The molecule has 0 unspecified atom stereocenters. The number of pyridine rings is 1. The van der Waals surface area contributed by atoms with E-state index >= 15 is 0 Å². The fourth-order valence-electron chi connectivity index (χ4n) is 4.42. The van der Waals surface area contributed by atoms with Crippen LogP contribution in [0.15, 0.2) is 59.9 Å². The average Bonchev–Trinajstić information content (AvgIpc) is 3.34. The van der Waals surface area contributed by atoms with E-state index in [4.69, 9.17) is 4.74 Å². The van der Waals surface area contributed by atoms with E-state index in [1.807, 2.05) is 37.3 Å². The Hall–Kier alpha value is -3.50. The van der Waals surface area contributed by atoms with Crippen LogP contribution in [0.5, 0.6) is 5.88 Å². The van der Waals surface area contributed by atoms with Gasteiger partial charge in [-0.2, -0.15) is 0 Å². The molecule has 0 radical (unpaired) electrons. The number of aromatic amines is 1. The molecule has 0 aliphatic carbocycles. The number of hydrogen-bond donors (Lipinski definition) is 2. The van der Waals surface area contributed by atoms with Crippen molar-refractivity contribution in [3.05, 3.63) is 60.6 Å². The summed E-state index contributed by atoms with van der Waals surface area (Å²) >= 11 is 0. The molecule has 9 nitrogen and oxygen atoms in total. The summed E-state index contributed by atoms with van der Waals surface area (Å²) in [5, 5.41) is 0.924. The SMILES string of the molecule is CCc1ccc(S(=O)(=O)NC2CCN(c3ncnc4[nH]c(-c5ccnc(OC)c5)cc34)CC2)cc1. The number of nitrogens with zero attached hydrogens (tertiary/aromatic N) is 4. The number of ether oxygens (including phenoxy) is 1. The molecule has 2 N–H and O–H groups in total. The number of benzene rings is 1. The Morgan fingerprint density at radius 1 is 1.09 bits per heavy atom. The van der Waals surface area contributed by atoms with Crippen molar-refractivity contribution in [3.8, 4) is 17.1 Å². The minimum atomic E-state index is -3.55. The van der Waals surface area contributed by atoms with E-state index < -0.39 is 10.0 Å². The smallest absolute Gasteiger partial charge is 0.240 e. The molecule has 1 aliphatic heterocycles. The Bertz CT molecular complexity index is 1430. The van der Waals surface area contributed by atoms with Crippen LogP contribution in [0.4, 0.5) is 5.82 Å². The monoisotopic (exact) mass is 492 g/mol. The predicted molar refractivity (Wildman–Crippen MR) is 135 cm³/mol. The molecular weight excluding hydrogens is 464 g/mol. The van der Waals surface area contributed by atoms with E-state index in [-0.39, 0.29) is 6.04 Å². The molecule has 3 aromatic heterocycles. The quantitative estimate of drug-likeness (QED) is 0.406. The molecule has 4 heterocycles. The van der Waals surface area contributed by atoms with Gasteiger partial charge in [0.25, 0.3) is 0 Å². The van der Waals surface area contributed by atoms with Gasteiger partial charge in [0.2, 0.25) is 15.9 Å². The maximum Gasteiger partial charge on any atom is 0.240 e. The molecular formula is C25H28N6O3S. The van der Waals surface area contributed by atoms with Gasteiger partial charge in [0, 0.05) is 42.7 Å². The Labute approximate surface area is 204 Å². The second-order valence-corrected chi connectivity index (χ2v) is 10.3. The van der Waals surface area contributed by atoms with Crippen LogP contribution in [-0.2, 0) is 16.4 Å². The van der Waals surface area contributed by atoms with Gasteiger partial charge < -0.3 is 14.6 Å². The molecule has 0 spiro atoms. The lowest BCUT2D eigenvalue weighted by molar-refractivity contribution is 0.398. The fourth-order valence-corrected chi connectivity index (χ4v) is 5.73. The standard InChI is InChI=1S/C25H28N6O3S/c1-3-17-4-6-20(7-5-17)35(32,33)30-19-9-12-31(13-10-19)25-21-15-22(29-24(21)27-16-28-25)18-8-11-26-23(14-18)34-2/h4-8,11,14-16,19,30H,3,9-10,12-13H2,1-2H3,(H,27,28,29). The van der Waals surface area contributed by atoms with Crippen molar-refractivity contribution < 1.29 is 13.2 Å². The van der Waals surface area contributed by atoms with E-state index in [2.05, 4.69) is 29.6 Å². The predicted octanol–water partition coefficient (Wildman–Crippen LogP) is 3.54. The third-order valence-corrected chi connectivity index (χ3v) is 7.95. The number of sulfonamides is 1. The van der Waals surface area contributed by atoms with Gasteiger partial charge in [-0.15, -0.1) is 0 Å². The summed E-state index contributed by atoms with van der Waals surface area (Å²) in [6.07, 6.45) is 5.52. The summed E-state index contributed by atoms with van der Waals surface area (Å²) in [4.78, 5) is 19.0. The van der Waals surface area contributed by atoms with Crippen LogP contribution in [0.3, 0.4) is 0 Å². The maximum absolute atomic E-state index is 12.8. The van der Waals surface area contributed by atoms with E-state index in [1.165, 1.54) is 0 Å². The first-order chi connectivity index (χ1) is 17.0. The van der Waals surface area contributed by atoms with Crippen LogP contribution < -0.4 is 14.4 Å². The van der Waals surface area contributed by atoms with Gasteiger partial charge in [0.05, 0.1) is 17.4 Å². The Morgan fingerprint density at radius 3 is 2.57 bits per heavy atom. The average molecular weight is 493 g/mol. The highest BCUT2D eigenvalue weighted by molar-refractivity contribution is 7.89. The Morgan fingerprint density at radius 2 is 1.86 bits per heavy atom. The number of aryl methyl sites for hydroxylation is 1. The number of hydrogen-bond acceptors (Lipinski definition) is 7. The van der Waals surface area contributed by atoms with Crippen molar-refractivity contribution in [2.24, 2.45) is 0 Å². The zero-order valence-electron chi connectivity index (χ0n) is 19.7. The number of piperidine rings is 1. The number of nitrogens with one attached hydrogen (secondary N) is 2. The van der Waals surface area contributed by atoms with Crippen molar-refractivity contribution in [2.75, 3.05) is 25.1 Å². The van der Waals surface area contributed by atoms with E-state index in [1.54, 1.807) is 31.8 Å². The highest BCUT2D eigenvalue weighted by Gasteiger charge is 2.26. The number of aromatic nitrogens is 4. The third kappa shape index (κ3) is 4.85. The Balaban J connectivity index is 1.30. The summed E-state index contributed by atoms with van der Waals surface area (Å²) in [5.74, 6) is 1.38. The van der Waals surface area contributed by atoms with Crippen LogP contribution in [0.2, 0.25) is 0 Å². The topological polar surface area (TPSA) is 113 Å². The summed E-state index contributed by atoms with van der Waals surface area (Å²) in [7, 11) is -1.96. The largest absolute Gasteiger partial charge is 0.481 e. The first-order valence-electron chi connectivity index (χ1n) is 11.7. The molecule has 0 amide bonds. The second kappa shape index (κ2) is 9.63. The Kier molecular flexibility index (Phi) is 6.40. The molecule has 0 bridgehead atoms. The summed E-state index contributed by atoms with van der Waals surface area (Å²) in [5.41, 5.74) is 3.71. The molecule has 1 aromatic carbocycles. The van der Waals surface area contributed by atoms with E-state index in [9.17, 15) is 8.42 Å². The minimum Gasteiger partial charge on any atom is -0.481 e. The van der Waals surface area contributed by atoms with Gasteiger partial charge in [0.1, 0.15) is 17.8 Å². The molecule has 4 aromatic rings. The minimum absolute atomic E-state index is 0.120. The number of methoxy groups -OCH3 is 1. The molecule has 0 atom stereocenters. The van der Waals surface area contributed by atoms with Crippen molar-refractivity contribution in [2.45, 2.75) is 37.1 Å². The van der Waals surface area contributed by atoms with Crippen LogP contribution in [0.25, 0.3) is 22.3 Å². The molecule has 1 fully saturated rings. The number of H-pyrrole nitrogens is 1. The van der Waals surface area contributed by atoms with Gasteiger partial charge in [-0.1, -0.05) is 19.1 Å². The van der Waals surface area contributed by atoms with Crippen molar-refractivity contribution in [1.29, 1.82) is 0 Å². The number of fused-ring (bicyclic) bond motifs is 1. The van der Waals surface area contributed by atoms with E-state index in [0.29, 0.717) is 36.7 Å².